The van der Waals surface area contributed by atoms with Gasteiger partial charge in [-0.15, -0.1) is 5.10 Å². The van der Waals surface area contributed by atoms with E-state index in [1.165, 1.54) is 4.90 Å². The number of carbonyl (C=O) groups excluding carboxylic acids is 1. The number of aromatic nitrogens is 3. The van der Waals surface area contributed by atoms with Crippen LogP contribution in [-0.4, -0.2) is 56.9 Å². The lowest BCUT2D eigenvalue weighted by atomic mass is 9.98. The summed E-state index contributed by atoms with van der Waals surface area (Å²) in [6.07, 6.45) is 2.20. The number of halogens is 3. The predicted molar refractivity (Wildman–Crippen MR) is 96.9 cm³/mol. The number of alkyl halides is 3. The van der Waals surface area contributed by atoms with Gasteiger partial charge < -0.3 is 15.5 Å². The number of fused-ring (bicyclic) bond motifs is 1. The fraction of sp³-hybridized carbons (Fsp3) is 0.611. The molecular weight excluding hydrogens is 373 g/mol. The maximum Gasteiger partial charge on any atom is 0.408 e. The Morgan fingerprint density at radius 3 is 2.75 bits per heavy atom. The van der Waals surface area contributed by atoms with Gasteiger partial charge in [0.1, 0.15) is 11.9 Å². The Hall–Kier alpha value is -2.52. The topological polar surface area (TPSA) is 74.6 Å². The molecule has 1 aliphatic heterocycles. The van der Waals surface area contributed by atoms with E-state index in [0.717, 1.165) is 18.5 Å². The number of anilines is 1. The van der Waals surface area contributed by atoms with E-state index in [4.69, 9.17) is 0 Å². The number of rotatable bonds is 4. The van der Waals surface area contributed by atoms with Crippen LogP contribution in [0.5, 0.6) is 0 Å². The molecule has 4 rings (SSSR count). The van der Waals surface area contributed by atoms with Crippen LogP contribution in [0.25, 0.3) is 5.65 Å². The molecule has 2 aromatic rings. The van der Waals surface area contributed by atoms with E-state index in [2.05, 4.69) is 20.7 Å². The summed E-state index contributed by atoms with van der Waals surface area (Å²) < 4.78 is 41.9. The average molecular weight is 396 g/mol. The molecule has 2 N–H and O–H groups in total. The standard InChI is InChI=1S/C18H23F3N6O/c19-18(20,21)16(12-3-1-2-4-12)24-17(28)26-9-7-13(11-26)23-14-5-6-15-22-8-10-27(15)25-14/h5-6,8,10,12-13,16H,1-4,7,9,11H2,(H,23,25)(H,24,28). The molecule has 1 saturated carbocycles. The van der Waals surface area contributed by atoms with Crippen molar-refractivity contribution in [1.82, 2.24) is 24.8 Å². The lowest BCUT2D eigenvalue weighted by molar-refractivity contribution is -0.165. The first-order valence-electron chi connectivity index (χ1n) is 9.59. The van der Waals surface area contributed by atoms with Gasteiger partial charge in [-0.2, -0.15) is 13.2 Å². The highest BCUT2D eigenvalue weighted by atomic mass is 19.4. The Kier molecular flexibility index (Phi) is 5.03. The van der Waals surface area contributed by atoms with Crippen LogP contribution in [0.4, 0.5) is 23.8 Å². The summed E-state index contributed by atoms with van der Waals surface area (Å²) in [5.41, 5.74) is 0.725. The number of carbonyl (C=O) groups is 1. The predicted octanol–water partition coefficient (Wildman–Crippen LogP) is 3.05. The number of imidazole rings is 1. The summed E-state index contributed by atoms with van der Waals surface area (Å²) in [6.45, 7) is 0.747. The van der Waals surface area contributed by atoms with Gasteiger partial charge in [0.15, 0.2) is 5.65 Å². The lowest BCUT2D eigenvalue weighted by Gasteiger charge is -2.29. The highest BCUT2D eigenvalue weighted by molar-refractivity contribution is 5.75. The maximum absolute atomic E-state index is 13.4. The third-order valence-corrected chi connectivity index (χ3v) is 5.59. The van der Waals surface area contributed by atoms with Gasteiger partial charge in [0.25, 0.3) is 0 Å². The number of likely N-dealkylation sites (tertiary alicyclic amines) is 1. The summed E-state index contributed by atoms with van der Waals surface area (Å²) in [4.78, 5) is 18.0. The van der Waals surface area contributed by atoms with E-state index < -0.39 is 24.2 Å². The van der Waals surface area contributed by atoms with Gasteiger partial charge in [0.2, 0.25) is 0 Å². The molecule has 2 unspecified atom stereocenters. The van der Waals surface area contributed by atoms with Crippen LogP contribution in [0, 0.1) is 5.92 Å². The molecule has 3 heterocycles. The molecule has 1 saturated heterocycles. The van der Waals surface area contributed by atoms with Gasteiger partial charge in [-0.1, -0.05) is 12.8 Å². The molecule has 2 fully saturated rings. The number of nitrogens with zero attached hydrogens (tertiary/aromatic N) is 4. The summed E-state index contributed by atoms with van der Waals surface area (Å²) in [6, 6.07) is 1.15. The normalized spacial score (nSPS) is 22.0. The van der Waals surface area contributed by atoms with E-state index in [-0.39, 0.29) is 6.04 Å². The minimum atomic E-state index is -4.42. The fourth-order valence-corrected chi connectivity index (χ4v) is 4.15. The van der Waals surface area contributed by atoms with Gasteiger partial charge >= 0.3 is 12.2 Å². The minimum absolute atomic E-state index is 0.0601. The van der Waals surface area contributed by atoms with Crippen molar-refractivity contribution in [3.63, 3.8) is 0 Å². The van der Waals surface area contributed by atoms with Crippen LogP contribution >= 0.6 is 0 Å². The van der Waals surface area contributed by atoms with Crippen LogP contribution in [0.1, 0.15) is 32.1 Å². The number of nitrogens with one attached hydrogen (secondary N) is 2. The SMILES string of the molecule is O=C(NC(C1CCCC1)C(F)(F)F)N1CCC(Nc2ccc3nccn3n2)C1. The first-order chi connectivity index (χ1) is 13.4. The average Bonchev–Trinajstić information content (AvgIpc) is 3.39. The molecule has 1 aliphatic carbocycles. The summed E-state index contributed by atoms with van der Waals surface area (Å²) in [5, 5.41) is 9.87. The van der Waals surface area contributed by atoms with Crippen LogP contribution in [0.3, 0.4) is 0 Å². The Labute approximate surface area is 160 Å². The largest absolute Gasteiger partial charge is 0.408 e. The Morgan fingerprint density at radius 2 is 2.00 bits per heavy atom. The van der Waals surface area contributed by atoms with Gasteiger partial charge in [-0.3, -0.25) is 0 Å². The molecule has 28 heavy (non-hydrogen) atoms. The highest BCUT2D eigenvalue weighted by Gasteiger charge is 2.47. The zero-order valence-electron chi connectivity index (χ0n) is 15.3. The zero-order chi connectivity index (χ0) is 19.7. The van der Waals surface area contributed by atoms with Crippen LogP contribution in [0.2, 0.25) is 0 Å². The lowest BCUT2D eigenvalue weighted by Crippen LogP contribution is -2.53. The van der Waals surface area contributed by atoms with Gasteiger partial charge in [-0.05, 0) is 37.3 Å². The van der Waals surface area contributed by atoms with E-state index in [9.17, 15) is 18.0 Å². The third-order valence-electron chi connectivity index (χ3n) is 5.59. The van der Waals surface area contributed by atoms with E-state index in [1.807, 2.05) is 6.07 Å². The second kappa shape index (κ2) is 7.48. The highest BCUT2D eigenvalue weighted by Crippen LogP contribution is 2.35. The van der Waals surface area contributed by atoms with E-state index in [0.29, 0.717) is 38.2 Å². The van der Waals surface area contributed by atoms with E-state index in [1.54, 1.807) is 23.0 Å². The van der Waals surface area contributed by atoms with Crippen molar-refractivity contribution in [1.29, 1.82) is 0 Å². The summed E-state index contributed by atoms with van der Waals surface area (Å²) in [5.74, 6) is 0.114. The summed E-state index contributed by atoms with van der Waals surface area (Å²) >= 11 is 0. The van der Waals surface area contributed by atoms with Crippen molar-refractivity contribution in [3.8, 4) is 0 Å². The molecule has 0 bridgehead atoms. The first kappa shape index (κ1) is 18.8. The van der Waals surface area contributed by atoms with Gasteiger partial charge in [0.05, 0.1) is 0 Å². The molecule has 10 heteroatoms. The Morgan fingerprint density at radius 1 is 1.21 bits per heavy atom. The molecule has 0 aromatic carbocycles. The fourth-order valence-electron chi connectivity index (χ4n) is 4.15. The quantitative estimate of drug-likeness (QED) is 0.833. The summed E-state index contributed by atoms with van der Waals surface area (Å²) in [7, 11) is 0. The maximum atomic E-state index is 13.4. The van der Waals surface area contributed by atoms with E-state index >= 15 is 0 Å². The Balaban J connectivity index is 1.35. The third kappa shape index (κ3) is 4.00. The minimum Gasteiger partial charge on any atom is -0.364 e. The van der Waals surface area contributed by atoms with Crippen molar-refractivity contribution >= 4 is 17.5 Å². The number of hydrogen-bond acceptors (Lipinski definition) is 4. The smallest absolute Gasteiger partial charge is 0.364 e. The van der Waals surface area contributed by atoms with Crippen molar-refractivity contribution in [2.24, 2.45) is 5.92 Å². The van der Waals surface area contributed by atoms with Crippen molar-refractivity contribution in [3.05, 3.63) is 24.5 Å². The second-order valence-electron chi connectivity index (χ2n) is 7.54. The molecule has 2 atom stereocenters. The first-order valence-corrected chi connectivity index (χ1v) is 9.59. The molecule has 7 nitrogen and oxygen atoms in total. The molecule has 2 aliphatic rings. The molecule has 152 valence electrons. The molecule has 2 aromatic heterocycles. The number of amides is 2. The van der Waals surface area contributed by atoms with Crippen LogP contribution in [0.15, 0.2) is 24.5 Å². The van der Waals surface area contributed by atoms with Crippen molar-refractivity contribution < 1.29 is 18.0 Å². The zero-order valence-corrected chi connectivity index (χ0v) is 15.3. The molecule has 2 amide bonds. The number of hydrogen-bond donors (Lipinski definition) is 2. The van der Waals surface area contributed by atoms with Crippen LogP contribution < -0.4 is 10.6 Å². The molecular formula is C18H23F3N6O. The second-order valence-corrected chi connectivity index (χ2v) is 7.54. The van der Waals surface area contributed by atoms with Gasteiger partial charge in [0, 0.05) is 31.5 Å². The van der Waals surface area contributed by atoms with Crippen molar-refractivity contribution in [2.45, 2.75) is 50.4 Å². The van der Waals surface area contributed by atoms with Gasteiger partial charge in [-0.25, -0.2) is 14.3 Å². The Bertz CT molecular complexity index is 832. The molecule has 0 radical (unpaired) electrons. The molecule has 0 spiro atoms. The monoisotopic (exact) mass is 396 g/mol. The van der Waals surface area contributed by atoms with Crippen LogP contribution in [-0.2, 0) is 0 Å². The van der Waals surface area contributed by atoms with Crippen molar-refractivity contribution in [2.75, 3.05) is 18.4 Å². The number of urea groups is 1.